The fraction of sp³-hybridized carbons (Fsp3) is 0.154. The van der Waals surface area contributed by atoms with E-state index in [1.54, 1.807) is 23.5 Å². The van der Waals surface area contributed by atoms with E-state index in [0.29, 0.717) is 17.8 Å². The Morgan fingerprint density at radius 2 is 2.05 bits per heavy atom. The van der Waals surface area contributed by atoms with Crippen LogP contribution in [-0.4, -0.2) is 5.91 Å². The smallest absolute Gasteiger partial charge is 0.251 e. The topological polar surface area (TPSA) is 55.1 Å². The molecular weight excluding hydrogens is 392 g/mol. The van der Waals surface area contributed by atoms with E-state index in [1.807, 2.05) is 18.4 Å². The molecular formula is C13H12Br2N2OS. The maximum atomic E-state index is 12.2. The summed E-state index contributed by atoms with van der Waals surface area (Å²) in [5.74, 6) is -0.116. The van der Waals surface area contributed by atoms with Crippen molar-refractivity contribution in [2.45, 2.75) is 13.5 Å². The Labute approximate surface area is 132 Å². The van der Waals surface area contributed by atoms with E-state index in [1.165, 1.54) is 0 Å². The first-order valence-corrected chi connectivity index (χ1v) is 8.00. The molecule has 100 valence electrons. The molecule has 0 saturated carbocycles. The predicted molar refractivity (Wildman–Crippen MR) is 86.5 cm³/mol. The van der Waals surface area contributed by atoms with E-state index in [-0.39, 0.29) is 5.91 Å². The number of hydrogen-bond acceptors (Lipinski definition) is 3. The van der Waals surface area contributed by atoms with Gasteiger partial charge in [0.1, 0.15) is 0 Å². The van der Waals surface area contributed by atoms with Gasteiger partial charge in [-0.15, -0.1) is 11.3 Å². The fourth-order valence-electron chi connectivity index (χ4n) is 1.65. The summed E-state index contributed by atoms with van der Waals surface area (Å²) in [6.45, 7) is 2.36. The van der Waals surface area contributed by atoms with E-state index >= 15 is 0 Å². The van der Waals surface area contributed by atoms with Crippen molar-refractivity contribution >= 4 is 54.8 Å². The number of benzene rings is 1. The maximum absolute atomic E-state index is 12.2. The lowest BCUT2D eigenvalue weighted by molar-refractivity contribution is 0.0950. The summed E-state index contributed by atoms with van der Waals surface area (Å²) in [6, 6.07) is 5.57. The number of hydrogen-bond donors (Lipinski definition) is 2. The molecule has 6 heteroatoms. The molecule has 1 aromatic carbocycles. The zero-order chi connectivity index (χ0) is 14.0. The fourth-order valence-corrected chi connectivity index (χ4v) is 3.51. The number of carbonyl (C=O) groups excluding carboxylic acids is 1. The van der Waals surface area contributed by atoms with Gasteiger partial charge in [-0.25, -0.2) is 0 Å². The van der Waals surface area contributed by atoms with Gasteiger partial charge in [-0.1, -0.05) is 15.9 Å². The third-order valence-corrected chi connectivity index (χ3v) is 4.86. The van der Waals surface area contributed by atoms with Crippen molar-refractivity contribution in [3.05, 3.63) is 48.5 Å². The summed E-state index contributed by atoms with van der Waals surface area (Å²) in [5.41, 5.74) is 7.86. The molecule has 0 unspecified atom stereocenters. The Morgan fingerprint density at radius 3 is 2.68 bits per heavy atom. The number of halogens is 2. The minimum absolute atomic E-state index is 0.116. The molecule has 2 aromatic rings. The highest BCUT2D eigenvalue weighted by Crippen LogP contribution is 2.23. The van der Waals surface area contributed by atoms with Gasteiger partial charge in [0.25, 0.3) is 5.91 Å². The third kappa shape index (κ3) is 3.58. The molecule has 19 heavy (non-hydrogen) atoms. The molecule has 1 heterocycles. The molecule has 0 atom stereocenters. The molecule has 0 aliphatic heterocycles. The summed E-state index contributed by atoms with van der Waals surface area (Å²) in [4.78, 5) is 13.3. The molecule has 0 aliphatic carbocycles. The van der Waals surface area contributed by atoms with Crippen LogP contribution in [0.4, 0.5) is 5.69 Å². The van der Waals surface area contributed by atoms with Crippen LogP contribution in [0.25, 0.3) is 0 Å². The number of nitrogens with one attached hydrogen (secondary N) is 1. The monoisotopic (exact) mass is 402 g/mol. The Kier molecular flexibility index (Phi) is 4.65. The Balaban J connectivity index is 2.12. The molecule has 3 nitrogen and oxygen atoms in total. The Morgan fingerprint density at radius 1 is 1.32 bits per heavy atom. The molecule has 3 N–H and O–H groups in total. The van der Waals surface area contributed by atoms with Crippen LogP contribution in [0, 0.1) is 6.92 Å². The minimum Gasteiger partial charge on any atom is -0.398 e. The van der Waals surface area contributed by atoms with Gasteiger partial charge in [0.15, 0.2) is 0 Å². The number of anilines is 1. The molecule has 0 bridgehead atoms. The van der Waals surface area contributed by atoms with Gasteiger partial charge in [-0.3, -0.25) is 4.79 Å². The molecule has 2 rings (SSSR count). The first-order chi connectivity index (χ1) is 8.97. The SMILES string of the molecule is Cc1c(N)cc(Br)cc1C(=O)NCc1cc(Br)cs1. The van der Waals surface area contributed by atoms with E-state index in [2.05, 4.69) is 37.2 Å². The molecule has 0 spiro atoms. The molecule has 0 fully saturated rings. The zero-order valence-corrected chi connectivity index (χ0v) is 14.2. The second kappa shape index (κ2) is 6.07. The summed E-state index contributed by atoms with van der Waals surface area (Å²) in [7, 11) is 0. The summed E-state index contributed by atoms with van der Waals surface area (Å²) in [6.07, 6.45) is 0. The molecule has 1 amide bonds. The lowest BCUT2D eigenvalue weighted by Crippen LogP contribution is -2.23. The average Bonchev–Trinajstić information content (AvgIpc) is 2.76. The molecule has 0 saturated heterocycles. The highest BCUT2D eigenvalue weighted by atomic mass is 79.9. The van der Waals surface area contributed by atoms with Gasteiger partial charge in [0.2, 0.25) is 0 Å². The standard InChI is InChI=1S/C13H12Br2N2OS/c1-7-11(3-8(14)4-12(7)16)13(18)17-5-10-2-9(15)6-19-10/h2-4,6H,5,16H2,1H3,(H,17,18). The van der Waals surface area contributed by atoms with Crippen LogP contribution in [0.2, 0.25) is 0 Å². The van der Waals surface area contributed by atoms with Crippen molar-refractivity contribution < 1.29 is 4.79 Å². The van der Waals surface area contributed by atoms with Crippen LogP contribution in [0.3, 0.4) is 0 Å². The first kappa shape index (κ1) is 14.6. The largest absolute Gasteiger partial charge is 0.398 e. The number of nitrogens with two attached hydrogens (primary N) is 1. The van der Waals surface area contributed by atoms with Gasteiger partial charge >= 0.3 is 0 Å². The van der Waals surface area contributed by atoms with E-state index in [0.717, 1.165) is 19.4 Å². The second-order valence-electron chi connectivity index (χ2n) is 4.08. The van der Waals surface area contributed by atoms with Crippen molar-refractivity contribution in [3.8, 4) is 0 Å². The summed E-state index contributed by atoms with van der Waals surface area (Å²) >= 11 is 8.34. The van der Waals surface area contributed by atoms with E-state index < -0.39 is 0 Å². The van der Waals surface area contributed by atoms with Crippen molar-refractivity contribution in [1.82, 2.24) is 5.32 Å². The van der Waals surface area contributed by atoms with E-state index in [9.17, 15) is 4.79 Å². The predicted octanol–water partition coefficient (Wildman–Crippen LogP) is 4.09. The average molecular weight is 404 g/mol. The highest BCUT2D eigenvalue weighted by molar-refractivity contribution is 9.10. The van der Waals surface area contributed by atoms with Crippen molar-refractivity contribution in [3.63, 3.8) is 0 Å². The van der Waals surface area contributed by atoms with Crippen LogP contribution in [0.15, 0.2) is 32.5 Å². The quantitative estimate of drug-likeness (QED) is 0.758. The number of thiophene rings is 1. The van der Waals surface area contributed by atoms with Gasteiger partial charge in [0, 0.05) is 30.5 Å². The van der Waals surface area contributed by atoms with Gasteiger partial charge in [0.05, 0.1) is 6.54 Å². The van der Waals surface area contributed by atoms with Gasteiger partial charge in [-0.2, -0.15) is 0 Å². The van der Waals surface area contributed by atoms with Crippen LogP contribution in [-0.2, 0) is 6.54 Å². The zero-order valence-electron chi connectivity index (χ0n) is 10.2. The van der Waals surface area contributed by atoms with Crippen molar-refractivity contribution in [2.24, 2.45) is 0 Å². The van der Waals surface area contributed by atoms with E-state index in [4.69, 9.17) is 5.73 Å². The number of carbonyl (C=O) groups is 1. The van der Waals surface area contributed by atoms with Crippen LogP contribution >= 0.6 is 43.2 Å². The normalized spacial score (nSPS) is 10.5. The molecule has 0 radical (unpaired) electrons. The lowest BCUT2D eigenvalue weighted by Gasteiger charge is -2.09. The second-order valence-corrected chi connectivity index (χ2v) is 6.91. The molecule has 1 aromatic heterocycles. The van der Waals surface area contributed by atoms with Gasteiger partial charge < -0.3 is 11.1 Å². The van der Waals surface area contributed by atoms with Crippen LogP contribution in [0.5, 0.6) is 0 Å². The van der Waals surface area contributed by atoms with Crippen LogP contribution in [0.1, 0.15) is 20.8 Å². The number of nitrogen functional groups attached to an aromatic ring is 1. The summed E-state index contributed by atoms with van der Waals surface area (Å²) in [5, 5.41) is 4.89. The maximum Gasteiger partial charge on any atom is 0.251 e. The summed E-state index contributed by atoms with van der Waals surface area (Å²) < 4.78 is 1.84. The van der Waals surface area contributed by atoms with Crippen molar-refractivity contribution in [1.29, 1.82) is 0 Å². The Bertz CT molecular complexity index is 625. The number of amides is 1. The molecule has 0 aliphatic rings. The highest BCUT2D eigenvalue weighted by Gasteiger charge is 2.12. The lowest BCUT2D eigenvalue weighted by atomic mass is 10.1. The third-order valence-electron chi connectivity index (χ3n) is 2.70. The minimum atomic E-state index is -0.116. The van der Waals surface area contributed by atoms with Crippen LogP contribution < -0.4 is 11.1 Å². The first-order valence-electron chi connectivity index (χ1n) is 5.54. The van der Waals surface area contributed by atoms with Crippen molar-refractivity contribution in [2.75, 3.05) is 5.73 Å². The Hall–Kier alpha value is -0.850. The number of rotatable bonds is 3. The van der Waals surface area contributed by atoms with Gasteiger partial charge in [-0.05, 0) is 46.6 Å².